The average Bonchev–Trinajstić information content (AvgIpc) is 2.82. The number of benzene rings is 1. The zero-order valence-corrected chi connectivity index (χ0v) is 12.0. The summed E-state index contributed by atoms with van der Waals surface area (Å²) in [5, 5.41) is 7.39. The Morgan fingerprint density at radius 1 is 1.30 bits per heavy atom. The van der Waals surface area contributed by atoms with E-state index < -0.39 is 0 Å². The lowest BCUT2D eigenvalue weighted by atomic mass is 10.2. The van der Waals surface area contributed by atoms with Crippen LogP contribution in [0.5, 0.6) is 0 Å². The van der Waals surface area contributed by atoms with Crippen molar-refractivity contribution in [3.8, 4) is 0 Å². The van der Waals surface area contributed by atoms with E-state index in [-0.39, 0.29) is 12.1 Å². The summed E-state index contributed by atoms with van der Waals surface area (Å²) in [7, 11) is 1.90. The van der Waals surface area contributed by atoms with Crippen LogP contribution in [-0.4, -0.2) is 21.9 Å². The maximum atomic E-state index is 11.7. The Morgan fingerprint density at radius 3 is 2.55 bits per heavy atom. The van der Waals surface area contributed by atoms with Crippen molar-refractivity contribution in [2.75, 3.05) is 5.32 Å². The molecule has 1 N–H and O–H groups in total. The molecule has 0 aliphatic heterocycles. The van der Waals surface area contributed by atoms with E-state index in [0.29, 0.717) is 12.1 Å². The number of ether oxygens (including phenoxy) is 1. The summed E-state index contributed by atoms with van der Waals surface area (Å²) in [6.07, 6.45) is 1.66. The summed E-state index contributed by atoms with van der Waals surface area (Å²) in [6, 6.07) is 9.22. The van der Waals surface area contributed by atoms with Crippen LogP contribution in [0.2, 0.25) is 0 Å². The van der Waals surface area contributed by atoms with Gasteiger partial charge in [-0.3, -0.25) is 4.68 Å². The first kappa shape index (κ1) is 14.1. The molecule has 1 aromatic heterocycles. The molecule has 0 atom stereocenters. The number of hydrogen-bond donors (Lipinski definition) is 1. The molecule has 0 amide bonds. The highest BCUT2D eigenvalue weighted by molar-refractivity contribution is 5.89. The Kier molecular flexibility index (Phi) is 4.40. The van der Waals surface area contributed by atoms with Gasteiger partial charge in [0.2, 0.25) is 0 Å². The number of esters is 1. The SMILES string of the molecule is CC(C)OC(=O)c1ccc(NCc2ccnn2C)cc1. The largest absolute Gasteiger partial charge is 0.459 e. The Bertz CT molecular complexity index is 573. The van der Waals surface area contributed by atoms with E-state index in [1.165, 1.54) is 0 Å². The third kappa shape index (κ3) is 3.60. The molecule has 0 spiro atoms. The second-order valence-electron chi connectivity index (χ2n) is 4.83. The Labute approximate surface area is 118 Å². The number of anilines is 1. The number of rotatable bonds is 5. The zero-order chi connectivity index (χ0) is 14.5. The molecule has 0 saturated heterocycles. The quantitative estimate of drug-likeness (QED) is 0.851. The molecule has 1 heterocycles. The Balaban J connectivity index is 1.95. The van der Waals surface area contributed by atoms with Gasteiger partial charge >= 0.3 is 5.97 Å². The van der Waals surface area contributed by atoms with Gasteiger partial charge < -0.3 is 10.1 Å². The number of carbonyl (C=O) groups is 1. The molecule has 20 heavy (non-hydrogen) atoms. The molecule has 0 unspecified atom stereocenters. The summed E-state index contributed by atoms with van der Waals surface area (Å²) in [6.45, 7) is 4.36. The monoisotopic (exact) mass is 273 g/mol. The van der Waals surface area contributed by atoms with Crippen LogP contribution >= 0.6 is 0 Å². The maximum absolute atomic E-state index is 11.7. The molecule has 0 fully saturated rings. The van der Waals surface area contributed by atoms with Gasteiger partial charge in [-0.15, -0.1) is 0 Å². The van der Waals surface area contributed by atoms with Gasteiger partial charge in [0.1, 0.15) is 0 Å². The Morgan fingerprint density at radius 2 is 2.00 bits per heavy atom. The van der Waals surface area contributed by atoms with Gasteiger partial charge in [-0.05, 0) is 44.2 Å². The van der Waals surface area contributed by atoms with Crippen LogP contribution in [-0.2, 0) is 18.3 Å². The number of aryl methyl sites for hydroxylation is 1. The number of aromatic nitrogens is 2. The maximum Gasteiger partial charge on any atom is 0.338 e. The van der Waals surface area contributed by atoms with Crippen molar-refractivity contribution in [3.05, 3.63) is 47.8 Å². The van der Waals surface area contributed by atoms with E-state index in [1.54, 1.807) is 18.3 Å². The van der Waals surface area contributed by atoms with E-state index in [2.05, 4.69) is 10.4 Å². The number of hydrogen-bond acceptors (Lipinski definition) is 4. The molecule has 0 aliphatic carbocycles. The Hall–Kier alpha value is -2.30. The smallest absolute Gasteiger partial charge is 0.338 e. The first-order chi connectivity index (χ1) is 9.56. The summed E-state index contributed by atoms with van der Waals surface area (Å²) >= 11 is 0. The van der Waals surface area contributed by atoms with Crippen LogP contribution < -0.4 is 5.32 Å². The normalized spacial score (nSPS) is 10.6. The molecule has 0 saturated carbocycles. The van der Waals surface area contributed by atoms with Crippen LogP contribution in [0.4, 0.5) is 5.69 Å². The summed E-state index contributed by atoms with van der Waals surface area (Å²) in [5.74, 6) is -0.293. The van der Waals surface area contributed by atoms with Crippen molar-refractivity contribution in [2.45, 2.75) is 26.5 Å². The standard InChI is InChI=1S/C15H19N3O2/c1-11(2)20-15(19)12-4-6-13(7-5-12)16-10-14-8-9-17-18(14)3/h4-9,11,16H,10H2,1-3H3. The molecule has 2 rings (SSSR count). The van der Waals surface area contributed by atoms with Gasteiger partial charge in [-0.1, -0.05) is 0 Å². The lowest BCUT2D eigenvalue weighted by molar-refractivity contribution is 0.0378. The topological polar surface area (TPSA) is 56.1 Å². The summed E-state index contributed by atoms with van der Waals surface area (Å²) < 4.78 is 6.96. The van der Waals surface area contributed by atoms with Crippen molar-refractivity contribution in [1.29, 1.82) is 0 Å². The molecular weight excluding hydrogens is 254 g/mol. The molecule has 0 aliphatic rings. The molecule has 2 aromatic rings. The summed E-state index contributed by atoms with van der Waals surface area (Å²) in [5.41, 5.74) is 2.60. The van der Waals surface area contributed by atoms with E-state index in [0.717, 1.165) is 11.4 Å². The van der Waals surface area contributed by atoms with Gasteiger partial charge in [0.05, 0.1) is 23.9 Å². The fourth-order valence-electron chi connectivity index (χ4n) is 1.77. The number of nitrogens with one attached hydrogen (secondary N) is 1. The van der Waals surface area contributed by atoms with Gasteiger partial charge in [0.25, 0.3) is 0 Å². The predicted molar refractivity (Wildman–Crippen MR) is 77.5 cm³/mol. The minimum Gasteiger partial charge on any atom is -0.459 e. The number of nitrogens with zero attached hydrogens (tertiary/aromatic N) is 2. The van der Waals surface area contributed by atoms with Crippen molar-refractivity contribution in [3.63, 3.8) is 0 Å². The first-order valence-corrected chi connectivity index (χ1v) is 6.58. The van der Waals surface area contributed by atoms with Crippen LogP contribution in [0.25, 0.3) is 0 Å². The average molecular weight is 273 g/mol. The molecule has 106 valence electrons. The van der Waals surface area contributed by atoms with Crippen LogP contribution in [0.3, 0.4) is 0 Å². The molecule has 1 aromatic carbocycles. The van der Waals surface area contributed by atoms with Gasteiger partial charge in [-0.25, -0.2) is 4.79 Å². The van der Waals surface area contributed by atoms with Gasteiger partial charge in [0.15, 0.2) is 0 Å². The fraction of sp³-hybridized carbons (Fsp3) is 0.333. The first-order valence-electron chi connectivity index (χ1n) is 6.58. The van der Waals surface area contributed by atoms with Crippen molar-refractivity contribution in [2.24, 2.45) is 7.05 Å². The van der Waals surface area contributed by atoms with E-state index >= 15 is 0 Å². The predicted octanol–water partition coefficient (Wildman–Crippen LogP) is 2.60. The lowest BCUT2D eigenvalue weighted by Gasteiger charge is -2.09. The third-order valence-corrected chi connectivity index (χ3v) is 2.86. The van der Waals surface area contributed by atoms with Crippen LogP contribution in [0.1, 0.15) is 29.9 Å². The molecule has 0 radical (unpaired) electrons. The van der Waals surface area contributed by atoms with Gasteiger partial charge in [0, 0.05) is 18.9 Å². The molecular formula is C15H19N3O2. The second-order valence-corrected chi connectivity index (χ2v) is 4.83. The van der Waals surface area contributed by atoms with E-state index in [1.807, 2.05) is 43.8 Å². The third-order valence-electron chi connectivity index (χ3n) is 2.86. The fourth-order valence-corrected chi connectivity index (χ4v) is 1.77. The van der Waals surface area contributed by atoms with Crippen molar-refractivity contribution >= 4 is 11.7 Å². The van der Waals surface area contributed by atoms with Crippen molar-refractivity contribution in [1.82, 2.24) is 9.78 Å². The summed E-state index contributed by atoms with van der Waals surface area (Å²) in [4.78, 5) is 11.7. The minimum atomic E-state index is -0.293. The molecule has 5 nitrogen and oxygen atoms in total. The van der Waals surface area contributed by atoms with Crippen LogP contribution in [0.15, 0.2) is 36.5 Å². The lowest BCUT2D eigenvalue weighted by Crippen LogP contribution is -2.11. The highest BCUT2D eigenvalue weighted by Crippen LogP contribution is 2.12. The van der Waals surface area contributed by atoms with Crippen LogP contribution in [0, 0.1) is 0 Å². The highest BCUT2D eigenvalue weighted by Gasteiger charge is 2.08. The van der Waals surface area contributed by atoms with Crippen molar-refractivity contribution < 1.29 is 9.53 Å². The minimum absolute atomic E-state index is 0.106. The van der Waals surface area contributed by atoms with Gasteiger partial charge in [-0.2, -0.15) is 5.10 Å². The second kappa shape index (κ2) is 6.23. The molecule has 5 heteroatoms. The highest BCUT2D eigenvalue weighted by atomic mass is 16.5. The zero-order valence-electron chi connectivity index (χ0n) is 12.0. The van der Waals surface area contributed by atoms with E-state index in [9.17, 15) is 4.79 Å². The number of carbonyl (C=O) groups excluding carboxylic acids is 1. The van der Waals surface area contributed by atoms with E-state index in [4.69, 9.17) is 4.74 Å². The molecule has 0 bridgehead atoms.